The number of amides is 1. The van der Waals surface area contributed by atoms with Crippen LogP contribution in [0.5, 0.6) is 0 Å². The van der Waals surface area contributed by atoms with Crippen LogP contribution in [0.4, 0.5) is 0 Å². The standard InChI is InChI=1S/C14H16N4OS/c1-17-5-7-18(8-6-17)14-16-13(19)12(20-14)9-11-3-2-4-15-10-11/h2-4,9-10H,5-8H2,1H3/b12-9-. The van der Waals surface area contributed by atoms with E-state index in [0.29, 0.717) is 4.91 Å². The zero-order valence-corrected chi connectivity index (χ0v) is 12.1. The van der Waals surface area contributed by atoms with Crippen molar-refractivity contribution >= 4 is 28.9 Å². The average molecular weight is 288 g/mol. The first-order valence-electron chi connectivity index (χ1n) is 6.58. The Morgan fingerprint density at radius 2 is 2.10 bits per heavy atom. The molecule has 3 heterocycles. The van der Waals surface area contributed by atoms with Gasteiger partial charge in [0.25, 0.3) is 5.91 Å². The summed E-state index contributed by atoms with van der Waals surface area (Å²) in [7, 11) is 2.11. The summed E-state index contributed by atoms with van der Waals surface area (Å²) in [4.78, 5) is 25.3. The molecule has 6 heteroatoms. The van der Waals surface area contributed by atoms with E-state index in [4.69, 9.17) is 0 Å². The summed E-state index contributed by atoms with van der Waals surface area (Å²) in [6.45, 7) is 3.87. The summed E-state index contributed by atoms with van der Waals surface area (Å²) in [5.74, 6) is -0.146. The first-order chi connectivity index (χ1) is 9.72. The van der Waals surface area contributed by atoms with Crippen LogP contribution in [0.25, 0.3) is 6.08 Å². The van der Waals surface area contributed by atoms with Gasteiger partial charge in [-0.25, -0.2) is 0 Å². The Balaban J connectivity index is 1.71. The van der Waals surface area contributed by atoms with E-state index in [2.05, 4.69) is 26.8 Å². The quantitative estimate of drug-likeness (QED) is 0.729. The second-order valence-corrected chi connectivity index (χ2v) is 5.90. The summed E-state index contributed by atoms with van der Waals surface area (Å²) in [6.07, 6.45) is 5.32. The van der Waals surface area contributed by atoms with Crippen LogP contribution in [0.1, 0.15) is 5.56 Å². The molecule has 0 aliphatic carbocycles. The maximum atomic E-state index is 12.0. The second kappa shape index (κ2) is 5.76. The highest BCUT2D eigenvalue weighted by molar-refractivity contribution is 8.18. The van der Waals surface area contributed by atoms with E-state index >= 15 is 0 Å². The lowest BCUT2D eigenvalue weighted by Crippen LogP contribution is -2.46. The van der Waals surface area contributed by atoms with Gasteiger partial charge in [0.2, 0.25) is 0 Å². The molecule has 1 amide bonds. The molecule has 1 fully saturated rings. The van der Waals surface area contributed by atoms with Crippen molar-refractivity contribution in [1.82, 2.24) is 14.8 Å². The average Bonchev–Trinajstić information content (AvgIpc) is 2.82. The Kier molecular flexibility index (Phi) is 3.84. The van der Waals surface area contributed by atoms with Crippen molar-refractivity contribution in [3.05, 3.63) is 35.0 Å². The fourth-order valence-electron chi connectivity index (χ4n) is 2.14. The van der Waals surface area contributed by atoms with Crippen LogP contribution in [0.3, 0.4) is 0 Å². The Bertz CT molecular complexity index is 562. The topological polar surface area (TPSA) is 48.8 Å². The summed E-state index contributed by atoms with van der Waals surface area (Å²) in [6, 6.07) is 3.79. The van der Waals surface area contributed by atoms with Crippen LogP contribution >= 0.6 is 11.8 Å². The van der Waals surface area contributed by atoms with Gasteiger partial charge in [-0.15, -0.1) is 0 Å². The van der Waals surface area contributed by atoms with Crippen LogP contribution in [-0.2, 0) is 4.79 Å². The van der Waals surface area contributed by atoms with Crippen molar-refractivity contribution in [2.45, 2.75) is 0 Å². The zero-order valence-electron chi connectivity index (χ0n) is 11.3. The van der Waals surface area contributed by atoms with Crippen LogP contribution < -0.4 is 0 Å². The maximum Gasteiger partial charge on any atom is 0.286 e. The Morgan fingerprint density at radius 1 is 1.30 bits per heavy atom. The van der Waals surface area contributed by atoms with E-state index in [1.54, 1.807) is 12.4 Å². The van der Waals surface area contributed by atoms with Gasteiger partial charge in [0.15, 0.2) is 5.17 Å². The van der Waals surface area contributed by atoms with Gasteiger partial charge >= 0.3 is 0 Å². The molecule has 0 unspecified atom stereocenters. The third-order valence-electron chi connectivity index (χ3n) is 3.37. The number of hydrogen-bond donors (Lipinski definition) is 0. The van der Waals surface area contributed by atoms with Gasteiger partial charge in [-0.05, 0) is 36.5 Å². The SMILES string of the molecule is CN1CCN(C2=NC(=O)/C(=C/c3cccnc3)S2)CC1. The zero-order chi connectivity index (χ0) is 13.9. The van der Waals surface area contributed by atoms with Crippen molar-refractivity contribution < 1.29 is 4.79 Å². The molecule has 2 aliphatic heterocycles. The van der Waals surface area contributed by atoms with Crippen LogP contribution in [-0.4, -0.2) is 59.1 Å². The highest BCUT2D eigenvalue weighted by Gasteiger charge is 2.27. The minimum atomic E-state index is -0.146. The number of piperazine rings is 1. The van der Waals surface area contributed by atoms with Crippen molar-refractivity contribution in [3.63, 3.8) is 0 Å². The fourth-order valence-corrected chi connectivity index (χ4v) is 3.11. The van der Waals surface area contributed by atoms with Crippen molar-refractivity contribution in [2.75, 3.05) is 33.2 Å². The number of aromatic nitrogens is 1. The van der Waals surface area contributed by atoms with Gasteiger partial charge in [-0.3, -0.25) is 9.78 Å². The molecule has 20 heavy (non-hydrogen) atoms. The smallest absolute Gasteiger partial charge is 0.286 e. The molecule has 0 radical (unpaired) electrons. The number of amidine groups is 1. The number of carbonyl (C=O) groups is 1. The molecule has 0 saturated carbocycles. The summed E-state index contributed by atoms with van der Waals surface area (Å²) < 4.78 is 0. The Hall–Kier alpha value is -1.66. The third kappa shape index (κ3) is 2.91. The number of nitrogens with zero attached hydrogens (tertiary/aromatic N) is 4. The first-order valence-corrected chi connectivity index (χ1v) is 7.40. The molecule has 0 N–H and O–H groups in total. The van der Waals surface area contributed by atoms with E-state index in [1.165, 1.54) is 11.8 Å². The van der Waals surface area contributed by atoms with Gasteiger partial charge in [0, 0.05) is 38.6 Å². The van der Waals surface area contributed by atoms with Gasteiger partial charge in [-0.2, -0.15) is 4.99 Å². The van der Waals surface area contributed by atoms with Crippen molar-refractivity contribution in [2.24, 2.45) is 4.99 Å². The predicted molar refractivity (Wildman–Crippen MR) is 81.3 cm³/mol. The highest BCUT2D eigenvalue weighted by Crippen LogP contribution is 2.30. The first kappa shape index (κ1) is 13.3. The molecular formula is C14H16N4OS. The second-order valence-electron chi connectivity index (χ2n) is 4.89. The molecule has 0 spiro atoms. The molecule has 5 nitrogen and oxygen atoms in total. The molecule has 1 saturated heterocycles. The number of hydrogen-bond acceptors (Lipinski definition) is 5. The number of aliphatic imine (C=N–C) groups is 1. The van der Waals surface area contributed by atoms with Crippen LogP contribution in [0, 0.1) is 0 Å². The van der Waals surface area contributed by atoms with E-state index < -0.39 is 0 Å². The lowest BCUT2D eigenvalue weighted by atomic mass is 10.2. The fraction of sp³-hybridized carbons (Fsp3) is 0.357. The Labute approximate surface area is 122 Å². The largest absolute Gasteiger partial charge is 0.348 e. The normalized spacial score (nSPS) is 22.4. The highest BCUT2D eigenvalue weighted by atomic mass is 32.2. The predicted octanol–water partition coefficient (Wildman–Crippen LogP) is 1.30. The van der Waals surface area contributed by atoms with E-state index in [0.717, 1.165) is 36.9 Å². The third-order valence-corrected chi connectivity index (χ3v) is 4.41. The lowest BCUT2D eigenvalue weighted by molar-refractivity contribution is -0.113. The van der Waals surface area contributed by atoms with Crippen LogP contribution in [0.15, 0.2) is 34.4 Å². The molecule has 1 aromatic rings. The monoisotopic (exact) mass is 288 g/mol. The van der Waals surface area contributed by atoms with Gasteiger partial charge in [0.1, 0.15) is 0 Å². The minimum absolute atomic E-state index is 0.146. The van der Waals surface area contributed by atoms with Crippen molar-refractivity contribution in [3.8, 4) is 0 Å². The van der Waals surface area contributed by atoms with Crippen LogP contribution in [0.2, 0.25) is 0 Å². The number of pyridine rings is 1. The summed E-state index contributed by atoms with van der Waals surface area (Å²) in [5.41, 5.74) is 0.929. The molecule has 0 atom stereocenters. The number of thioether (sulfide) groups is 1. The van der Waals surface area contributed by atoms with Gasteiger partial charge in [-0.1, -0.05) is 6.07 Å². The summed E-state index contributed by atoms with van der Waals surface area (Å²) >= 11 is 1.46. The van der Waals surface area contributed by atoms with Crippen molar-refractivity contribution in [1.29, 1.82) is 0 Å². The lowest BCUT2D eigenvalue weighted by Gasteiger charge is -2.32. The van der Waals surface area contributed by atoms with E-state index in [-0.39, 0.29) is 5.91 Å². The molecule has 104 valence electrons. The van der Waals surface area contributed by atoms with E-state index in [1.807, 2.05) is 18.2 Å². The number of rotatable bonds is 1. The molecule has 2 aliphatic rings. The minimum Gasteiger partial charge on any atom is -0.348 e. The molecule has 0 bridgehead atoms. The molecular weight excluding hydrogens is 272 g/mol. The molecule has 1 aromatic heterocycles. The Morgan fingerprint density at radius 3 is 2.80 bits per heavy atom. The van der Waals surface area contributed by atoms with Gasteiger partial charge < -0.3 is 9.80 Å². The van der Waals surface area contributed by atoms with Gasteiger partial charge in [0.05, 0.1) is 4.91 Å². The number of likely N-dealkylation sites (N-methyl/N-ethyl adjacent to an activating group) is 1. The molecule has 3 rings (SSSR count). The summed E-state index contributed by atoms with van der Waals surface area (Å²) in [5, 5.41) is 0.832. The van der Waals surface area contributed by atoms with E-state index in [9.17, 15) is 4.79 Å². The molecule has 0 aromatic carbocycles. The maximum absolute atomic E-state index is 12.0. The number of carbonyl (C=O) groups excluding carboxylic acids is 1.